The lowest BCUT2D eigenvalue weighted by Gasteiger charge is -2.41. The number of hydrogen-bond acceptors (Lipinski definition) is 3. The van der Waals surface area contributed by atoms with Gasteiger partial charge >= 0.3 is 0 Å². The van der Waals surface area contributed by atoms with E-state index >= 15 is 0 Å². The molecule has 1 unspecified atom stereocenters. The average molecular weight is 540 g/mol. The Hall–Kier alpha value is -1.71. The van der Waals surface area contributed by atoms with Crippen LogP contribution in [-0.2, 0) is 11.3 Å². The van der Waals surface area contributed by atoms with Crippen molar-refractivity contribution in [1.29, 1.82) is 0 Å². The van der Waals surface area contributed by atoms with E-state index in [0.717, 1.165) is 38.2 Å². The quantitative estimate of drug-likeness (QED) is 0.278. The van der Waals surface area contributed by atoms with Crippen LogP contribution >= 0.6 is 24.0 Å². The van der Waals surface area contributed by atoms with E-state index in [9.17, 15) is 4.39 Å². The highest BCUT2D eigenvalue weighted by molar-refractivity contribution is 14.0. The lowest BCUT2D eigenvalue weighted by Crippen LogP contribution is -2.58. The van der Waals surface area contributed by atoms with Crippen LogP contribution in [0, 0.1) is 12.7 Å². The first kappa shape index (κ1) is 25.5. The Morgan fingerprint density at radius 3 is 2.48 bits per heavy atom. The number of nitrogens with one attached hydrogen (secondary N) is 3. The van der Waals surface area contributed by atoms with Crippen LogP contribution in [-0.4, -0.2) is 38.3 Å². The number of hydrogen-bond donors (Lipinski definition) is 3. The van der Waals surface area contributed by atoms with Crippen LogP contribution in [0.4, 0.5) is 4.39 Å². The Morgan fingerprint density at radius 2 is 1.84 bits per heavy atom. The highest BCUT2D eigenvalue weighted by Crippen LogP contribution is 2.25. The highest BCUT2D eigenvalue weighted by atomic mass is 127. The zero-order valence-corrected chi connectivity index (χ0v) is 20.9. The molecule has 1 fully saturated rings. The summed E-state index contributed by atoms with van der Waals surface area (Å²) in [5.74, 6) is 0.522. The molecular weight excluding hydrogens is 506 g/mol. The second-order valence-corrected chi connectivity index (χ2v) is 8.03. The number of guanidine groups is 1. The third-order valence-corrected chi connectivity index (χ3v) is 5.79. The molecule has 1 saturated heterocycles. The van der Waals surface area contributed by atoms with E-state index in [-0.39, 0.29) is 41.4 Å². The maximum Gasteiger partial charge on any atom is 0.191 e. The molecule has 3 rings (SSSR count). The SMILES string of the molecule is CN=C(NCc1ccc(C)c(F)c1)NCC1(NC(C)c2ccccc2)CCOCC1.I. The summed E-state index contributed by atoms with van der Waals surface area (Å²) >= 11 is 0. The maximum atomic E-state index is 13.8. The first-order valence-corrected chi connectivity index (χ1v) is 10.6. The van der Waals surface area contributed by atoms with Crippen LogP contribution < -0.4 is 16.0 Å². The molecule has 0 saturated carbocycles. The summed E-state index contributed by atoms with van der Waals surface area (Å²) in [5, 5.41) is 10.6. The summed E-state index contributed by atoms with van der Waals surface area (Å²) < 4.78 is 19.4. The fraction of sp³-hybridized carbons (Fsp3) is 0.458. The normalized spacial score (nSPS) is 16.8. The summed E-state index contributed by atoms with van der Waals surface area (Å²) in [4.78, 5) is 4.34. The number of halogens is 2. The fourth-order valence-corrected chi connectivity index (χ4v) is 3.82. The van der Waals surface area contributed by atoms with Gasteiger partial charge in [-0.05, 0) is 49.4 Å². The van der Waals surface area contributed by atoms with Crippen LogP contribution in [0.5, 0.6) is 0 Å². The molecular formula is C24H34FIN4O. The number of benzene rings is 2. The van der Waals surface area contributed by atoms with Crippen molar-refractivity contribution in [2.75, 3.05) is 26.8 Å². The predicted molar refractivity (Wildman–Crippen MR) is 136 cm³/mol. The Morgan fingerprint density at radius 1 is 1.13 bits per heavy atom. The molecule has 170 valence electrons. The van der Waals surface area contributed by atoms with Gasteiger partial charge in [-0.25, -0.2) is 4.39 Å². The van der Waals surface area contributed by atoms with E-state index in [1.165, 1.54) is 5.56 Å². The molecule has 0 spiro atoms. The van der Waals surface area contributed by atoms with Gasteiger partial charge in [-0.3, -0.25) is 4.99 Å². The van der Waals surface area contributed by atoms with E-state index < -0.39 is 0 Å². The van der Waals surface area contributed by atoms with E-state index in [1.54, 1.807) is 26.1 Å². The van der Waals surface area contributed by atoms with Gasteiger partial charge in [0.2, 0.25) is 0 Å². The topological polar surface area (TPSA) is 57.7 Å². The summed E-state index contributed by atoms with van der Waals surface area (Å²) in [5.41, 5.74) is 2.73. The van der Waals surface area contributed by atoms with Crippen LogP contribution in [0.3, 0.4) is 0 Å². The van der Waals surface area contributed by atoms with Gasteiger partial charge in [-0.15, -0.1) is 24.0 Å². The smallest absolute Gasteiger partial charge is 0.191 e. The first-order valence-electron chi connectivity index (χ1n) is 10.6. The molecule has 1 aliphatic rings. The van der Waals surface area contributed by atoms with Crippen molar-refractivity contribution >= 4 is 29.9 Å². The van der Waals surface area contributed by atoms with Gasteiger partial charge < -0.3 is 20.7 Å². The molecule has 2 aromatic carbocycles. The van der Waals surface area contributed by atoms with Gasteiger partial charge in [-0.2, -0.15) is 0 Å². The second-order valence-electron chi connectivity index (χ2n) is 8.03. The molecule has 1 heterocycles. The molecule has 0 aromatic heterocycles. The van der Waals surface area contributed by atoms with E-state index in [0.29, 0.717) is 18.1 Å². The predicted octanol–water partition coefficient (Wildman–Crippen LogP) is 4.32. The van der Waals surface area contributed by atoms with Gasteiger partial charge in [0.05, 0.1) is 0 Å². The number of nitrogens with zero attached hydrogens (tertiary/aromatic N) is 1. The van der Waals surface area contributed by atoms with Crippen molar-refractivity contribution in [3.05, 3.63) is 71.0 Å². The third-order valence-electron chi connectivity index (χ3n) is 5.79. The minimum absolute atomic E-state index is 0. The third kappa shape index (κ3) is 7.43. The zero-order valence-electron chi connectivity index (χ0n) is 18.6. The lowest BCUT2D eigenvalue weighted by atomic mass is 9.88. The Balaban J connectivity index is 0.00000341. The average Bonchev–Trinajstić information content (AvgIpc) is 2.77. The maximum absolute atomic E-state index is 13.8. The van der Waals surface area contributed by atoms with Gasteiger partial charge in [0.1, 0.15) is 5.82 Å². The Kier molecular flexibility index (Phi) is 10.2. The van der Waals surface area contributed by atoms with Gasteiger partial charge in [0.25, 0.3) is 0 Å². The van der Waals surface area contributed by atoms with Crippen molar-refractivity contribution in [2.45, 2.75) is 44.8 Å². The number of rotatable bonds is 7. The minimum Gasteiger partial charge on any atom is -0.381 e. The van der Waals surface area contributed by atoms with Gasteiger partial charge in [0.15, 0.2) is 5.96 Å². The largest absolute Gasteiger partial charge is 0.381 e. The lowest BCUT2D eigenvalue weighted by molar-refractivity contribution is 0.0355. The number of aliphatic imine (C=N–C) groups is 1. The van der Waals surface area contributed by atoms with Gasteiger partial charge in [-0.1, -0.05) is 42.5 Å². The van der Waals surface area contributed by atoms with Crippen molar-refractivity contribution in [1.82, 2.24) is 16.0 Å². The molecule has 31 heavy (non-hydrogen) atoms. The summed E-state index contributed by atoms with van der Waals surface area (Å²) in [6.45, 7) is 6.70. The molecule has 5 nitrogen and oxygen atoms in total. The molecule has 1 atom stereocenters. The fourth-order valence-electron chi connectivity index (χ4n) is 3.82. The molecule has 0 radical (unpaired) electrons. The molecule has 0 amide bonds. The van der Waals surface area contributed by atoms with Crippen molar-refractivity contribution in [3.63, 3.8) is 0 Å². The van der Waals surface area contributed by atoms with Crippen LogP contribution in [0.25, 0.3) is 0 Å². The molecule has 7 heteroatoms. The van der Waals surface area contributed by atoms with E-state index in [2.05, 4.69) is 52.1 Å². The van der Waals surface area contributed by atoms with E-state index in [1.807, 2.05) is 12.1 Å². The molecule has 3 N–H and O–H groups in total. The van der Waals surface area contributed by atoms with Gasteiger partial charge in [0, 0.05) is 44.9 Å². The summed E-state index contributed by atoms with van der Waals surface area (Å²) in [6, 6.07) is 16.0. The summed E-state index contributed by atoms with van der Waals surface area (Å²) in [6.07, 6.45) is 1.86. The van der Waals surface area contributed by atoms with Crippen LogP contribution in [0.1, 0.15) is 42.5 Å². The van der Waals surface area contributed by atoms with Crippen molar-refractivity contribution in [2.24, 2.45) is 4.99 Å². The molecule has 2 aromatic rings. The van der Waals surface area contributed by atoms with Crippen molar-refractivity contribution in [3.8, 4) is 0 Å². The van der Waals surface area contributed by atoms with E-state index in [4.69, 9.17) is 4.74 Å². The van der Waals surface area contributed by atoms with Crippen molar-refractivity contribution < 1.29 is 9.13 Å². The van der Waals surface area contributed by atoms with Crippen LogP contribution in [0.2, 0.25) is 0 Å². The monoisotopic (exact) mass is 540 g/mol. The number of aryl methyl sites for hydroxylation is 1. The highest BCUT2D eigenvalue weighted by Gasteiger charge is 2.34. The molecule has 0 aliphatic carbocycles. The molecule has 0 bridgehead atoms. The van der Waals surface area contributed by atoms with Crippen LogP contribution in [0.15, 0.2) is 53.5 Å². The zero-order chi connectivity index (χ0) is 21.4. The first-order chi connectivity index (χ1) is 14.5. The second kappa shape index (κ2) is 12.4. The summed E-state index contributed by atoms with van der Waals surface area (Å²) in [7, 11) is 1.75. The minimum atomic E-state index is -0.183. The Labute approximate surface area is 202 Å². The standard InChI is InChI=1S/C24H33FN4O.HI/c1-18-9-10-20(15-22(18)25)16-27-23(26-3)28-17-24(11-13-30-14-12-24)29-19(2)21-7-5-4-6-8-21;/h4-10,15,19,29H,11-14,16-17H2,1-3H3,(H2,26,27,28);1H. The Bertz CT molecular complexity index is 841. The number of ether oxygens (including phenoxy) is 1. The molecule has 1 aliphatic heterocycles.